The van der Waals surface area contributed by atoms with Gasteiger partial charge in [-0.1, -0.05) is 23.7 Å². The molecule has 2 aromatic rings. The number of rotatable bonds is 2. The van der Waals surface area contributed by atoms with Crippen molar-refractivity contribution >= 4 is 46.4 Å². The SMILES string of the molecule is CC(=O)N(C(=O)C(=O)N1CCN(c2cccc(Cl)c2)CC1)c1cccc(N)c1. The molecule has 2 N–H and O–H groups in total. The first-order valence-corrected chi connectivity index (χ1v) is 9.24. The fourth-order valence-corrected chi connectivity index (χ4v) is 3.36. The number of hydrogen-bond donors (Lipinski definition) is 1. The van der Waals surface area contributed by atoms with Gasteiger partial charge in [-0.3, -0.25) is 14.4 Å². The van der Waals surface area contributed by atoms with Gasteiger partial charge in [0.05, 0.1) is 5.69 Å². The monoisotopic (exact) mass is 400 g/mol. The number of imide groups is 1. The Bertz CT molecular complexity index is 910. The van der Waals surface area contributed by atoms with Crippen LogP contribution in [0.3, 0.4) is 0 Å². The van der Waals surface area contributed by atoms with Gasteiger partial charge in [-0.15, -0.1) is 0 Å². The molecule has 0 aromatic heterocycles. The highest BCUT2D eigenvalue weighted by molar-refractivity contribution is 6.45. The van der Waals surface area contributed by atoms with Crippen LogP contribution < -0.4 is 15.5 Å². The smallest absolute Gasteiger partial charge is 0.323 e. The lowest BCUT2D eigenvalue weighted by molar-refractivity contribution is -0.145. The molecule has 146 valence electrons. The second-order valence-corrected chi connectivity index (χ2v) is 6.95. The number of amides is 3. The van der Waals surface area contributed by atoms with E-state index in [9.17, 15) is 14.4 Å². The third-order valence-electron chi connectivity index (χ3n) is 4.57. The number of nitrogens with zero attached hydrogens (tertiary/aromatic N) is 3. The van der Waals surface area contributed by atoms with Gasteiger partial charge in [0, 0.05) is 49.5 Å². The van der Waals surface area contributed by atoms with E-state index in [2.05, 4.69) is 4.90 Å². The number of carbonyl (C=O) groups is 3. The predicted molar refractivity (Wildman–Crippen MR) is 109 cm³/mol. The summed E-state index contributed by atoms with van der Waals surface area (Å²) in [7, 11) is 0. The number of benzene rings is 2. The fraction of sp³-hybridized carbons (Fsp3) is 0.250. The van der Waals surface area contributed by atoms with Crippen LogP contribution in [0, 0.1) is 0 Å². The number of carbonyl (C=O) groups excluding carboxylic acids is 3. The van der Waals surface area contributed by atoms with Crippen molar-refractivity contribution in [3.05, 3.63) is 53.6 Å². The van der Waals surface area contributed by atoms with E-state index in [0.717, 1.165) is 10.6 Å². The molecule has 0 aliphatic carbocycles. The van der Waals surface area contributed by atoms with E-state index in [1.165, 1.54) is 17.9 Å². The number of hydrogen-bond acceptors (Lipinski definition) is 5. The number of anilines is 3. The summed E-state index contributed by atoms with van der Waals surface area (Å²) in [6.45, 7) is 3.13. The Labute approximate surface area is 168 Å². The zero-order valence-electron chi connectivity index (χ0n) is 15.5. The molecule has 0 bridgehead atoms. The van der Waals surface area contributed by atoms with Crippen LogP contribution in [0.15, 0.2) is 48.5 Å². The van der Waals surface area contributed by atoms with E-state index in [0.29, 0.717) is 36.9 Å². The molecule has 0 saturated carbocycles. The van der Waals surface area contributed by atoms with E-state index in [-0.39, 0.29) is 5.69 Å². The maximum atomic E-state index is 12.7. The van der Waals surface area contributed by atoms with Gasteiger partial charge in [0.1, 0.15) is 0 Å². The topological polar surface area (TPSA) is 87.0 Å². The highest BCUT2D eigenvalue weighted by Gasteiger charge is 2.32. The van der Waals surface area contributed by atoms with E-state index in [1.54, 1.807) is 24.3 Å². The standard InChI is InChI=1S/C20H21ClN4O3/c1-14(26)25(18-7-3-5-16(22)13-18)20(28)19(27)24-10-8-23(9-11-24)17-6-2-4-15(21)12-17/h2-7,12-13H,8-11,22H2,1H3. The summed E-state index contributed by atoms with van der Waals surface area (Å²) in [5.41, 5.74) is 7.39. The quantitative estimate of drug-likeness (QED) is 0.616. The zero-order valence-corrected chi connectivity index (χ0v) is 16.2. The molecule has 28 heavy (non-hydrogen) atoms. The summed E-state index contributed by atoms with van der Waals surface area (Å²) in [4.78, 5) is 41.9. The number of halogens is 1. The summed E-state index contributed by atoms with van der Waals surface area (Å²) in [5, 5.41) is 0.644. The third-order valence-corrected chi connectivity index (χ3v) is 4.80. The van der Waals surface area contributed by atoms with Crippen molar-refractivity contribution in [3.8, 4) is 0 Å². The Morgan fingerprint density at radius 3 is 2.29 bits per heavy atom. The highest BCUT2D eigenvalue weighted by atomic mass is 35.5. The van der Waals surface area contributed by atoms with Gasteiger partial charge in [-0.05, 0) is 36.4 Å². The van der Waals surface area contributed by atoms with Gasteiger partial charge in [0.2, 0.25) is 5.91 Å². The Morgan fingerprint density at radius 2 is 1.68 bits per heavy atom. The molecule has 7 nitrogen and oxygen atoms in total. The van der Waals surface area contributed by atoms with Gasteiger partial charge in [0.15, 0.2) is 0 Å². The first-order chi connectivity index (χ1) is 13.4. The Balaban J connectivity index is 1.69. The van der Waals surface area contributed by atoms with Crippen molar-refractivity contribution in [2.24, 2.45) is 0 Å². The molecule has 0 unspecified atom stereocenters. The molecule has 0 atom stereocenters. The first-order valence-electron chi connectivity index (χ1n) is 8.87. The van der Waals surface area contributed by atoms with Gasteiger partial charge in [-0.2, -0.15) is 0 Å². The second-order valence-electron chi connectivity index (χ2n) is 6.51. The minimum absolute atomic E-state index is 0.281. The summed E-state index contributed by atoms with van der Waals surface area (Å²) >= 11 is 6.04. The lowest BCUT2D eigenvalue weighted by Gasteiger charge is -2.36. The molecular formula is C20H21ClN4O3. The van der Waals surface area contributed by atoms with Crippen LogP contribution in [-0.4, -0.2) is 48.8 Å². The molecule has 3 rings (SSSR count). The van der Waals surface area contributed by atoms with Crippen molar-refractivity contribution in [1.82, 2.24) is 4.90 Å². The first kappa shape index (κ1) is 19.7. The van der Waals surface area contributed by atoms with Crippen LogP contribution in [0.5, 0.6) is 0 Å². The van der Waals surface area contributed by atoms with Gasteiger partial charge >= 0.3 is 11.8 Å². The number of nitrogen functional groups attached to an aromatic ring is 1. The molecule has 3 amide bonds. The van der Waals surface area contributed by atoms with Crippen LogP contribution in [0.1, 0.15) is 6.92 Å². The normalized spacial score (nSPS) is 13.9. The molecule has 0 radical (unpaired) electrons. The molecule has 1 aliphatic rings. The largest absolute Gasteiger partial charge is 0.399 e. The van der Waals surface area contributed by atoms with Crippen molar-refractivity contribution in [1.29, 1.82) is 0 Å². The summed E-state index contributed by atoms with van der Waals surface area (Å²) < 4.78 is 0. The Morgan fingerprint density at radius 1 is 1.00 bits per heavy atom. The lowest BCUT2D eigenvalue weighted by Crippen LogP contribution is -2.54. The number of nitrogens with two attached hydrogens (primary N) is 1. The van der Waals surface area contributed by atoms with Crippen LogP contribution in [0.25, 0.3) is 0 Å². The van der Waals surface area contributed by atoms with E-state index < -0.39 is 17.7 Å². The third kappa shape index (κ3) is 4.26. The van der Waals surface area contributed by atoms with Crippen molar-refractivity contribution in [2.45, 2.75) is 6.92 Å². The number of piperazine rings is 1. The highest BCUT2D eigenvalue weighted by Crippen LogP contribution is 2.22. The average Bonchev–Trinajstić information content (AvgIpc) is 2.67. The molecule has 0 spiro atoms. The molecule has 8 heteroatoms. The zero-order chi connectivity index (χ0) is 20.3. The van der Waals surface area contributed by atoms with Gasteiger partial charge < -0.3 is 15.5 Å². The van der Waals surface area contributed by atoms with Crippen LogP contribution >= 0.6 is 11.6 Å². The molecule has 2 aromatic carbocycles. The second kappa shape index (κ2) is 8.31. The lowest BCUT2D eigenvalue weighted by atomic mass is 10.2. The average molecular weight is 401 g/mol. The van der Waals surface area contributed by atoms with E-state index in [4.69, 9.17) is 17.3 Å². The molecule has 1 aliphatic heterocycles. The summed E-state index contributed by atoms with van der Waals surface area (Å²) in [6, 6.07) is 13.8. The maximum Gasteiger partial charge on any atom is 0.323 e. The van der Waals surface area contributed by atoms with E-state index in [1.807, 2.05) is 18.2 Å². The van der Waals surface area contributed by atoms with Crippen molar-refractivity contribution in [2.75, 3.05) is 41.7 Å². The van der Waals surface area contributed by atoms with Crippen LogP contribution in [0.4, 0.5) is 17.1 Å². The van der Waals surface area contributed by atoms with Crippen LogP contribution in [-0.2, 0) is 14.4 Å². The Hall–Kier alpha value is -3.06. The van der Waals surface area contributed by atoms with Crippen molar-refractivity contribution < 1.29 is 14.4 Å². The van der Waals surface area contributed by atoms with Crippen molar-refractivity contribution in [3.63, 3.8) is 0 Å². The molecular weight excluding hydrogens is 380 g/mol. The van der Waals surface area contributed by atoms with Crippen LogP contribution in [0.2, 0.25) is 5.02 Å². The molecule has 1 heterocycles. The fourth-order valence-electron chi connectivity index (χ4n) is 3.18. The maximum absolute atomic E-state index is 12.7. The summed E-state index contributed by atoms with van der Waals surface area (Å²) in [6.07, 6.45) is 0. The van der Waals surface area contributed by atoms with Gasteiger partial charge in [-0.25, -0.2) is 4.90 Å². The summed E-state index contributed by atoms with van der Waals surface area (Å²) in [5.74, 6) is -2.13. The molecule has 1 saturated heterocycles. The van der Waals surface area contributed by atoms with E-state index >= 15 is 0 Å². The minimum atomic E-state index is -0.880. The van der Waals surface area contributed by atoms with Gasteiger partial charge in [0.25, 0.3) is 0 Å². The minimum Gasteiger partial charge on any atom is -0.399 e. The Kier molecular flexibility index (Phi) is 5.84. The molecule has 1 fully saturated rings. The predicted octanol–water partition coefficient (Wildman–Crippen LogP) is 2.15.